The summed E-state index contributed by atoms with van der Waals surface area (Å²) in [6.07, 6.45) is 4.12. The van der Waals surface area contributed by atoms with Gasteiger partial charge in [-0.25, -0.2) is 9.97 Å². The van der Waals surface area contributed by atoms with Crippen molar-refractivity contribution >= 4 is 0 Å². The third-order valence-electron chi connectivity index (χ3n) is 7.19. The number of aromatic nitrogens is 2. The number of para-hydroxylation sites is 2. The second-order valence-electron chi connectivity index (χ2n) is 10.9. The summed E-state index contributed by atoms with van der Waals surface area (Å²) >= 11 is 0. The molecule has 4 aromatic carbocycles. The topological polar surface area (TPSA) is 71.9 Å². The molecule has 2 heterocycles. The molecule has 0 unspecified atom stereocenters. The molecule has 2 atom stereocenters. The maximum Gasteiger partial charge on any atom is 0.213 e. The zero-order valence-electron chi connectivity index (χ0n) is 25.9. The van der Waals surface area contributed by atoms with Crippen LogP contribution in [-0.4, -0.2) is 35.4 Å². The van der Waals surface area contributed by atoms with Crippen LogP contribution in [0, 0.1) is 0 Å². The molecular formula is C40H36N2O5. The van der Waals surface area contributed by atoms with Crippen molar-refractivity contribution in [1.29, 1.82) is 0 Å². The van der Waals surface area contributed by atoms with Crippen LogP contribution in [0.4, 0.5) is 0 Å². The maximum absolute atomic E-state index is 6.30. The molecular weight excluding hydrogens is 588 g/mol. The second-order valence-corrected chi connectivity index (χ2v) is 10.9. The molecule has 0 radical (unpaired) electrons. The van der Waals surface area contributed by atoms with Gasteiger partial charge in [-0.3, -0.25) is 0 Å². The van der Waals surface area contributed by atoms with E-state index in [0.717, 1.165) is 34.1 Å². The lowest BCUT2D eigenvalue weighted by molar-refractivity contribution is 0.00624. The van der Waals surface area contributed by atoms with Crippen molar-refractivity contribution in [1.82, 2.24) is 9.97 Å². The quantitative estimate of drug-likeness (QED) is 0.107. The van der Waals surface area contributed by atoms with E-state index in [1.54, 1.807) is 12.4 Å². The average Bonchev–Trinajstić information content (AvgIpc) is 3.12. The van der Waals surface area contributed by atoms with Crippen LogP contribution in [-0.2, 0) is 17.6 Å². The van der Waals surface area contributed by atoms with Gasteiger partial charge in [-0.2, -0.15) is 0 Å². The largest absolute Gasteiger partial charge is 0.472 e. The first-order chi connectivity index (χ1) is 23.2. The fraction of sp³-hybridized carbons (Fsp3) is 0.150. The molecule has 6 rings (SSSR count). The average molecular weight is 625 g/mol. The van der Waals surface area contributed by atoms with Gasteiger partial charge in [0.1, 0.15) is 35.2 Å². The zero-order chi connectivity index (χ0) is 31.9. The first kappa shape index (κ1) is 31.3. The Morgan fingerprint density at radius 2 is 0.787 bits per heavy atom. The summed E-state index contributed by atoms with van der Waals surface area (Å²) in [5.41, 5.74) is 2.18. The van der Waals surface area contributed by atoms with Crippen molar-refractivity contribution in [2.75, 3.05) is 13.2 Å². The summed E-state index contributed by atoms with van der Waals surface area (Å²) in [4.78, 5) is 8.74. The normalized spacial score (nSPS) is 12.1. The minimum Gasteiger partial charge on any atom is -0.472 e. The summed E-state index contributed by atoms with van der Waals surface area (Å²) in [7, 11) is 0. The molecule has 7 nitrogen and oxygen atoms in total. The van der Waals surface area contributed by atoms with Crippen LogP contribution < -0.4 is 18.9 Å². The number of rotatable bonds is 16. The van der Waals surface area contributed by atoms with Crippen molar-refractivity contribution in [3.05, 3.63) is 169 Å². The van der Waals surface area contributed by atoms with Gasteiger partial charge in [-0.1, -0.05) is 72.8 Å². The van der Waals surface area contributed by atoms with E-state index in [2.05, 4.69) is 9.97 Å². The predicted octanol–water partition coefficient (Wildman–Crippen LogP) is 8.76. The summed E-state index contributed by atoms with van der Waals surface area (Å²) < 4.78 is 30.8. The Bertz CT molecular complexity index is 1610. The molecule has 0 aliphatic rings. The Balaban J connectivity index is 1.10. The second kappa shape index (κ2) is 16.6. The van der Waals surface area contributed by atoms with Crippen LogP contribution in [0.3, 0.4) is 0 Å². The van der Waals surface area contributed by atoms with E-state index >= 15 is 0 Å². The van der Waals surface area contributed by atoms with E-state index in [-0.39, 0.29) is 12.2 Å². The third kappa shape index (κ3) is 10.2. The molecule has 47 heavy (non-hydrogen) atoms. The molecule has 0 spiro atoms. The van der Waals surface area contributed by atoms with Gasteiger partial charge < -0.3 is 23.7 Å². The Labute approximate surface area is 275 Å². The summed E-state index contributed by atoms with van der Waals surface area (Å²) in [5.74, 6) is 4.22. The Hall–Kier alpha value is -5.66. The van der Waals surface area contributed by atoms with Gasteiger partial charge in [-0.05, 0) is 71.8 Å². The monoisotopic (exact) mass is 624 g/mol. The van der Waals surface area contributed by atoms with E-state index in [0.29, 0.717) is 37.8 Å². The maximum atomic E-state index is 6.30. The van der Waals surface area contributed by atoms with Gasteiger partial charge >= 0.3 is 0 Å². The lowest BCUT2D eigenvalue weighted by atomic mass is 10.1. The highest BCUT2D eigenvalue weighted by molar-refractivity contribution is 5.34. The van der Waals surface area contributed by atoms with Crippen LogP contribution in [0.1, 0.15) is 11.1 Å². The van der Waals surface area contributed by atoms with Crippen LogP contribution in [0.5, 0.6) is 34.8 Å². The molecule has 0 fully saturated rings. The Kier molecular flexibility index (Phi) is 11.1. The number of hydrogen-bond acceptors (Lipinski definition) is 7. The fourth-order valence-corrected chi connectivity index (χ4v) is 4.94. The number of hydrogen-bond donors (Lipinski definition) is 0. The highest BCUT2D eigenvalue weighted by Gasteiger charge is 2.18. The van der Waals surface area contributed by atoms with Crippen molar-refractivity contribution in [2.45, 2.75) is 25.0 Å². The zero-order valence-corrected chi connectivity index (χ0v) is 25.9. The minimum absolute atomic E-state index is 0.282. The highest BCUT2D eigenvalue weighted by Crippen LogP contribution is 2.24. The predicted molar refractivity (Wildman–Crippen MR) is 181 cm³/mol. The summed E-state index contributed by atoms with van der Waals surface area (Å²) in [6, 6.07) is 46.8. The fourth-order valence-electron chi connectivity index (χ4n) is 4.94. The molecule has 0 aliphatic carbocycles. The lowest BCUT2D eigenvalue weighted by Crippen LogP contribution is -2.31. The van der Waals surface area contributed by atoms with Gasteiger partial charge in [0.05, 0.1) is 13.2 Å². The van der Waals surface area contributed by atoms with Gasteiger partial charge in [0, 0.05) is 37.4 Å². The first-order valence-electron chi connectivity index (χ1n) is 15.6. The minimum atomic E-state index is -0.282. The number of benzene rings is 4. The smallest absolute Gasteiger partial charge is 0.213 e. The van der Waals surface area contributed by atoms with Crippen LogP contribution in [0.25, 0.3) is 0 Å². The Morgan fingerprint density at radius 1 is 0.404 bits per heavy atom. The first-order valence-corrected chi connectivity index (χ1v) is 15.6. The van der Waals surface area contributed by atoms with E-state index in [4.69, 9.17) is 23.7 Å². The van der Waals surface area contributed by atoms with Crippen LogP contribution in [0.15, 0.2) is 158 Å². The molecule has 6 aromatic rings. The van der Waals surface area contributed by atoms with E-state index in [9.17, 15) is 0 Å². The van der Waals surface area contributed by atoms with Crippen molar-refractivity contribution in [2.24, 2.45) is 0 Å². The number of ether oxygens (including phenoxy) is 5. The molecule has 0 aliphatic heterocycles. The van der Waals surface area contributed by atoms with Crippen LogP contribution in [0.2, 0.25) is 0 Å². The highest BCUT2D eigenvalue weighted by atomic mass is 16.6. The van der Waals surface area contributed by atoms with Gasteiger partial charge in [0.25, 0.3) is 0 Å². The molecule has 236 valence electrons. The SMILES string of the molecule is c1ccc(Oc2ccc(C[C@H](COC[C@@H](Cc3ccc(Oc4ccccc4)cc3)Oc3ccccn3)Oc3ccccn3)cc2)cc1. The molecule has 0 bridgehead atoms. The Morgan fingerprint density at radius 3 is 1.17 bits per heavy atom. The standard InChI is InChI=1S/C40H36N2O5/c1-3-11-33(12-4-1)44-35-21-17-31(18-22-35)27-37(46-39-15-7-9-25-41-39)29-43-30-38(47-40-16-8-10-26-42-40)28-32-19-23-36(24-20-32)45-34-13-5-2-6-14-34/h1-26,37-38H,27-30H2/t37-,38-/m1/s1. The summed E-state index contributed by atoms with van der Waals surface area (Å²) in [6.45, 7) is 0.676. The molecule has 0 N–H and O–H groups in total. The van der Waals surface area contributed by atoms with Crippen LogP contribution >= 0.6 is 0 Å². The molecule has 7 heteroatoms. The summed E-state index contributed by atoms with van der Waals surface area (Å²) in [5, 5.41) is 0. The third-order valence-corrected chi connectivity index (χ3v) is 7.19. The molecule has 0 saturated heterocycles. The van der Waals surface area contributed by atoms with E-state index in [1.807, 2.05) is 146 Å². The number of pyridine rings is 2. The van der Waals surface area contributed by atoms with Gasteiger partial charge in [0.15, 0.2) is 0 Å². The van der Waals surface area contributed by atoms with Crippen molar-refractivity contribution < 1.29 is 23.7 Å². The molecule has 0 saturated carbocycles. The van der Waals surface area contributed by atoms with Crippen molar-refractivity contribution in [3.63, 3.8) is 0 Å². The van der Waals surface area contributed by atoms with Gasteiger partial charge in [-0.15, -0.1) is 0 Å². The van der Waals surface area contributed by atoms with E-state index < -0.39 is 0 Å². The lowest BCUT2D eigenvalue weighted by Gasteiger charge is -2.22. The molecule has 2 aromatic heterocycles. The molecule has 0 amide bonds. The van der Waals surface area contributed by atoms with E-state index in [1.165, 1.54) is 0 Å². The number of nitrogens with zero attached hydrogens (tertiary/aromatic N) is 2. The van der Waals surface area contributed by atoms with Gasteiger partial charge in [0.2, 0.25) is 11.8 Å². The van der Waals surface area contributed by atoms with Crippen molar-refractivity contribution in [3.8, 4) is 34.8 Å².